The van der Waals surface area contributed by atoms with Gasteiger partial charge >= 0.3 is 10.1 Å². The Balaban J connectivity index is 1.78. The summed E-state index contributed by atoms with van der Waals surface area (Å²) in [4.78, 5) is 0. The molecule has 0 saturated carbocycles. The third kappa shape index (κ3) is 3.75. The van der Waals surface area contributed by atoms with Crippen molar-refractivity contribution in [1.29, 1.82) is 0 Å². The number of hydrogen-bond donors (Lipinski definition) is 2. The summed E-state index contributed by atoms with van der Waals surface area (Å²) >= 11 is 0. The van der Waals surface area contributed by atoms with Gasteiger partial charge in [0, 0.05) is 5.56 Å². The summed E-state index contributed by atoms with van der Waals surface area (Å²) in [6.07, 6.45) is -2.72. The molecule has 0 fully saturated rings. The Hall–Kier alpha value is -2.58. The molecule has 2 unspecified atom stereocenters. The number of benzene rings is 2. The Morgan fingerprint density at radius 3 is 2.44 bits per heavy atom. The maximum absolute atomic E-state index is 13.9. The van der Waals surface area contributed by atoms with E-state index in [4.69, 9.17) is 14.7 Å². The molecule has 1 aliphatic rings. The van der Waals surface area contributed by atoms with E-state index in [1.807, 2.05) is 0 Å². The zero-order valence-electron chi connectivity index (χ0n) is 13.0. The SMILES string of the molecule is NC1=C(OS(=O)(=O)Cc2ccccc2)C(O)C(c2ccccc2F)O1. The van der Waals surface area contributed by atoms with Crippen LogP contribution in [0.1, 0.15) is 17.2 Å². The van der Waals surface area contributed by atoms with Gasteiger partial charge in [-0.2, -0.15) is 8.42 Å². The molecule has 3 rings (SSSR count). The van der Waals surface area contributed by atoms with Gasteiger partial charge in [-0.1, -0.05) is 48.5 Å². The summed E-state index contributed by atoms with van der Waals surface area (Å²) in [5, 5.41) is 10.3. The Kier molecular flexibility index (Phi) is 4.65. The minimum absolute atomic E-state index is 0.0528. The van der Waals surface area contributed by atoms with Crippen LogP contribution < -0.4 is 5.73 Å². The van der Waals surface area contributed by atoms with Gasteiger partial charge in [-0.15, -0.1) is 0 Å². The van der Waals surface area contributed by atoms with Crippen molar-refractivity contribution in [3.05, 3.63) is 83.2 Å². The fourth-order valence-corrected chi connectivity index (χ4v) is 3.63. The first-order valence-electron chi connectivity index (χ1n) is 7.42. The minimum Gasteiger partial charge on any atom is -0.465 e. The second-order valence-electron chi connectivity index (χ2n) is 5.50. The van der Waals surface area contributed by atoms with Crippen molar-refractivity contribution in [2.75, 3.05) is 0 Å². The molecule has 0 radical (unpaired) electrons. The fraction of sp³-hybridized carbons (Fsp3) is 0.176. The van der Waals surface area contributed by atoms with E-state index in [9.17, 15) is 17.9 Å². The predicted octanol–water partition coefficient (Wildman–Crippen LogP) is 1.93. The highest BCUT2D eigenvalue weighted by Crippen LogP contribution is 2.37. The molecule has 1 heterocycles. The van der Waals surface area contributed by atoms with Gasteiger partial charge in [0.05, 0.1) is 0 Å². The van der Waals surface area contributed by atoms with E-state index in [-0.39, 0.29) is 5.56 Å². The Labute approximate surface area is 144 Å². The van der Waals surface area contributed by atoms with Gasteiger partial charge in [-0.05, 0) is 11.6 Å². The van der Waals surface area contributed by atoms with Crippen LogP contribution in [-0.2, 0) is 24.8 Å². The van der Waals surface area contributed by atoms with Gasteiger partial charge in [0.1, 0.15) is 11.6 Å². The van der Waals surface area contributed by atoms with E-state index >= 15 is 0 Å². The van der Waals surface area contributed by atoms with Crippen molar-refractivity contribution in [2.24, 2.45) is 5.73 Å². The molecule has 0 bridgehead atoms. The molecule has 8 heteroatoms. The van der Waals surface area contributed by atoms with Crippen LogP contribution in [0.2, 0.25) is 0 Å². The van der Waals surface area contributed by atoms with Crippen LogP contribution in [0.4, 0.5) is 4.39 Å². The number of aliphatic hydroxyl groups is 1. The third-order valence-corrected chi connectivity index (χ3v) is 4.79. The molecular weight excluding hydrogens is 349 g/mol. The molecule has 6 nitrogen and oxygen atoms in total. The van der Waals surface area contributed by atoms with Gasteiger partial charge in [0.25, 0.3) is 0 Å². The molecule has 0 aromatic heterocycles. The average Bonchev–Trinajstić information content (AvgIpc) is 2.83. The normalized spacial score (nSPS) is 20.4. The molecule has 3 N–H and O–H groups in total. The summed E-state index contributed by atoms with van der Waals surface area (Å²) in [5.41, 5.74) is 6.20. The van der Waals surface area contributed by atoms with Crippen LogP contribution in [0.3, 0.4) is 0 Å². The Morgan fingerprint density at radius 2 is 1.76 bits per heavy atom. The lowest BCUT2D eigenvalue weighted by Gasteiger charge is -2.16. The second-order valence-corrected chi connectivity index (χ2v) is 7.07. The standard InChI is InChI=1S/C17H16FNO5S/c18-13-9-5-4-8-12(13)15-14(20)16(17(19)23-15)24-25(21,22)10-11-6-2-1-3-7-11/h1-9,14-15,20H,10,19H2. The van der Waals surface area contributed by atoms with E-state index < -0.39 is 45.5 Å². The van der Waals surface area contributed by atoms with Gasteiger partial charge in [0.2, 0.25) is 11.6 Å². The predicted molar refractivity (Wildman–Crippen MR) is 87.6 cm³/mol. The third-order valence-electron chi connectivity index (χ3n) is 3.67. The molecule has 1 aliphatic heterocycles. The van der Waals surface area contributed by atoms with E-state index in [2.05, 4.69) is 0 Å². The lowest BCUT2D eigenvalue weighted by Crippen LogP contribution is -2.21. The van der Waals surface area contributed by atoms with Crippen molar-refractivity contribution in [3.8, 4) is 0 Å². The zero-order valence-corrected chi connectivity index (χ0v) is 13.8. The number of aliphatic hydroxyl groups excluding tert-OH is 1. The number of halogens is 1. The quantitative estimate of drug-likeness (QED) is 0.786. The van der Waals surface area contributed by atoms with Crippen molar-refractivity contribution < 1.29 is 26.8 Å². The fourth-order valence-electron chi connectivity index (χ4n) is 2.52. The zero-order chi connectivity index (χ0) is 18.0. The maximum Gasteiger partial charge on any atom is 0.313 e. The monoisotopic (exact) mass is 365 g/mol. The molecule has 25 heavy (non-hydrogen) atoms. The highest BCUT2D eigenvalue weighted by Gasteiger charge is 2.40. The van der Waals surface area contributed by atoms with Crippen LogP contribution in [0, 0.1) is 5.82 Å². The highest BCUT2D eigenvalue weighted by atomic mass is 32.2. The van der Waals surface area contributed by atoms with Gasteiger partial charge in [-0.3, -0.25) is 0 Å². The van der Waals surface area contributed by atoms with Crippen LogP contribution in [0.5, 0.6) is 0 Å². The van der Waals surface area contributed by atoms with Crippen molar-refractivity contribution >= 4 is 10.1 Å². The van der Waals surface area contributed by atoms with E-state index in [0.717, 1.165) is 0 Å². The summed E-state index contributed by atoms with van der Waals surface area (Å²) < 4.78 is 48.5. The van der Waals surface area contributed by atoms with Crippen molar-refractivity contribution in [2.45, 2.75) is 18.0 Å². The summed E-state index contributed by atoms with van der Waals surface area (Å²) in [5.74, 6) is -1.84. The van der Waals surface area contributed by atoms with Gasteiger partial charge in [0.15, 0.2) is 12.2 Å². The largest absolute Gasteiger partial charge is 0.465 e. The first kappa shape index (κ1) is 17.2. The van der Waals surface area contributed by atoms with E-state index in [1.54, 1.807) is 36.4 Å². The van der Waals surface area contributed by atoms with E-state index in [0.29, 0.717) is 5.56 Å². The number of nitrogens with two attached hydrogens (primary N) is 1. The molecule has 0 saturated heterocycles. The number of rotatable bonds is 5. The van der Waals surface area contributed by atoms with Crippen LogP contribution >= 0.6 is 0 Å². The van der Waals surface area contributed by atoms with Crippen LogP contribution in [0.15, 0.2) is 66.2 Å². The summed E-state index contributed by atoms with van der Waals surface area (Å²) in [7, 11) is -4.07. The topological polar surface area (TPSA) is 98.9 Å². The molecule has 0 aliphatic carbocycles. The molecule has 2 aromatic rings. The Morgan fingerprint density at radius 1 is 1.12 bits per heavy atom. The maximum atomic E-state index is 13.9. The molecular formula is C17H16FNO5S. The smallest absolute Gasteiger partial charge is 0.313 e. The minimum atomic E-state index is -4.07. The molecule has 2 atom stereocenters. The lowest BCUT2D eigenvalue weighted by atomic mass is 10.0. The van der Waals surface area contributed by atoms with Crippen molar-refractivity contribution in [3.63, 3.8) is 0 Å². The second kappa shape index (κ2) is 6.73. The summed E-state index contributed by atoms with van der Waals surface area (Å²) in [6.45, 7) is 0. The Bertz CT molecular complexity index is 898. The molecule has 0 spiro atoms. The van der Waals surface area contributed by atoms with Crippen LogP contribution in [-0.4, -0.2) is 19.6 Å². The number of ether oxygens (including phenoxy) is 1. The first-order valence-corrected chi connectivity index (χ1v) is 9.00. The highest BCUT2D eigenvalue weighted by molar-refractivity contribution is 7.86. The average molecular weight is 365 g/mol. The van der Waals surface area contributed by atoms with E-state index in [1.165, 1.54) is 18.2 Å². The van der Waals surface area contributed by atoms with Crippen LogP contribution in [0.25, 0.3) is 0 Å². The van der Waals surface area contributed by atoms with Crippen molar-refractivity contribution in [1.82, 2.24) is 0 Å². The molecule has 2 aromatic carbocycles. The first-order chi connectivity index (χ1) is 11.9. The summed E-state index contributed by atoms with van der Waals surface area (Å²) in [6, 6.07) is 14.1. The lowest BCUT2D eigenvalue weighted by molar-refractivity contribution is 0.0385. The molecule has 132 valence electrons. The molecule has 0 amide bonds. The number of hydrogen-bond acceptors (Lipinski definition) is 6. The van der Waals surface area contributed by atoms with Gasteiger partial charge in [-0.25, -0.2) is 4.39 Å². The van der Waals surface area contributed by atoms with Gasteiger partial charge < -0.3 is 19.8 Å².